The maximum atomic E-state index is 13.4. The molecule has 0 amide bonds. The predicted molar refractivity (Wildman–Crippen MR) is 148 cm³/mol. The summed E-state index contributed by atoms with van der Waals surface area (Å²) in [5, 5.41) is 5.40. The second kappa shape index (κ2) is 11.1. The molecular formula is C30H24ClN3O3. The fraction of sp³-hybridized carbons (Fsp3) is 0.100. The fourth-order valence-electron chi connectivity index (χ4n) is 3.92. The van der Waals surface area contributed by atoms with Crippen LogP contribution in [-0.2, 0) is 6.61 Å². The van der Waals surface area contributed by atoms with Crippen LogP contribution in [0.15, 0.2) is 107 Å². The van der Waals surface area contributed by atoms with Gasteiger partial charge in [0.05, 0.1) is 28.7 Å². The molecule has 0 fully saturated rings. The molecule has 7 heteroatoms. The van der Waals surface area contributed by atoms with Crippen molar-refractivity contribution in [2.24, 2.45) is 5.10 Å². The SMILES string of the molecule is CCOc1cc(C=Nn2c(-c3ccccc3)nc3ccccc3c2=O)cc(Cl)c1OCc1ccccc1. The van der Waals surface area contributed by atoms with Crippen molar-refractivity contribution in [3.8, 4) is 22.9 Å². The minimum absolute atomic E-state index is 0.264. The number of fused-ring (bicyclic) bond motifs is 1. The van der Waals surface area contributed by atoms with Crippen LogP contribution in [0.4, 0.5) is 0 Å². The highest BCUT2D eigenvalue weighted by atomic mass is 35.5. The fourth-order valence-corrected chi connectivity index (χ4v) is 4.20. The van der Waals surface area contributed by atoms with Crippen molar-refractivity contribution in [2.75, 3.05) is 6.61 Å². The second-order valence-electron chi connectivity index (χ2n) is 8.22. The lowest BCUT2D eigenvalue weighted by Gasteiger charge is -2.14. The summed E-state index contributed by atoms with van der Waals surface area (Å²) in [6.45, 7) is 2.68. The minimum Gasteiger partial charge on any atom is -0.490 e. The summed E-state index contributed by atoms with van der Waals surface area (Å²) in [7, 11) is 0. The third-order valence-electron chi connectivity index (χ3n) is 5.67. The molecule has 0 saturated heterocycles. The molecule has 37 heavy (non-hydrogen) atoms. The number of para-hydroxylation sites is 1. The Morgan fingerprint density at radius 2 is 1.62 bits per heavy atom. The molecule has 0 unspecified atom stereocenters. The second-order valence-corrected chi connectivity index (χ2v) is 8.62. The first-order valence-electron chi connectivity index (χ1n) is 11.9. The zero-order valence-corrected chi connectivity index (χ0v) is 20.9. The van der Waals surface area contributed by atoms with Crippen LogP contribution in [-0.4, -0.2) is 22.5 Å². The Balaban J connectivity index is 1.54. The molecule has 0 bridgehead atoms. The van der Waals surface area contributed by atoms with E-state index in [2.05, 4.69) is 5.10 Å². The number of ether oxygens (including phenoxy) is 2. The van der Waals surface area contributed by atoms with E-state index in [-0.39, 0.29) is 5.56 Å². The minimum atomic E-state index is -0.264. The molecule has 1 heterocycles. The molecule has 4 aromatic carbocycles. The van der Waals surface area contributed by atoms with Gasteiger partial charge in [-0.15, -0.1) is 0 Å². The molecule has 0 N–H and O–H groups in total. The molecule has 5 rings (SSSR count). The van der Waals surface area contributed by atoms with Crippen LogP contribution >= 0.6 is 11.6 Å². The lowest BCUT2D eigenvalue weighted by molar-refractivity contribution is 0.269. The zero-order valence-electron chi connectivity index (χ0n) is 20.2. The molecule has 0 saturated carbocycles. The Hall–Kier alpha value is -4.42. The van der Waals surface area contributed by atoms with Crippen molar-refractivity contribution in [3.05, 3.63) is 124 Å². The van der Waals surface area contributed by atoms with E-state index in [0.717, 1.165) is 11.1 Å². The van der Waals surface area contributed by atoms with Gasteiger partial charge in [-0.25, -0.2) is 4.98 Å². The lowest BCUT2D eigenvalue weighted by atomic mass is 10.2. The van der Waals surface area contributed by atoms with Gasteiger partial charge < -0.3 is 9.47 Å². The van der Waals surface area contributed by atoms with Gasteiger partial charge in [-0.1, -0.05) is 84.4 Å². The van der Waals surface area contributed by atoms with E-state index in [9.17, 15) is 4.79 Å². The van der Waals surface area contributed by atoms with Crippen molar-refractivity contribution in [3.63, 3.8) is 0 Å². The Labute approximate surface area is 219 Å². The first-order chi connectivity index (χ1) is 18.1. The topological polar surface area (TPSA) is 65.7 Å². The molecular weight excluding hydrogens is 486 g/mol. The van der Waals surface area contributed by atoms with Gasteiger partial charge in [-0.05, 0) is 42.3 Å². The maximum absolute atomic E-state index is 13.4. The third-order valence-corrected chi connectivity index (χ3v) is 5.95. The van der Waals surface area contributed by atoms with Crippen LogP contribution in [0.2, 0.25) is 5.02 Å². The quantitative estimate of drug-likeness (QED) is 0.222. The van der Waals surface area contributed by atoms with Gasteiger partial charge >= 0.3 is 0 Å². The number of benzene rings is 4. The summed E-state index contributed by atoms with van der Waals surface area (Å²) in [6.07, 6.45) is 1.57. The molecule has 1 aromatic heterocycles. The van der Waals surface area contributed by atoms with Crippen molar-refractivity contribution in [1.29, 1.82) is 0 Å². The molecule has 0 aliphatic carbocycles. The van der Waals surface area contributed by atoms with Gasteiger partial charge in [-0.2, -0.15) is 9.78 Å². The van der Waals surface area contributed by atoms with Gasteiger partial charge in [0.2, 0.25) is 0 Å². The van der Waals surface area contributed by atoms with E-state index < -0.39 is 0 Å². The van der Waals surface area contributed by atoms with Crippen LogP contribution in [0.25, 0.3) is 22.3 Å². The van der Waals surface area contributed by atoms with Crippen LogP contribution in [0, 0.1) is 0 Å². The average molecular weight is 510 g/mol. The standard InChI is InChI=1S/C30H24ClN3O3/c1-2-36-27-18-22(17-25(31)28(27)37-20-21-11-5-3-6-12-21)19-32-34-29(23-13-7-4-8-14-23)33-26-16-10-9-15-24(26)30(34)35/h3-19H,2,20H2,1H3. The summed E-state index contributed by atoms with van der Waals surface area (Å²) < 4.78 is 13.1. The van der Waals surface area contributed by atoms with Crippen LogP contribution in [0.1, 0.15) is 18.1 Å². The van der Waals surface area contributed by atoms with Gasteiger partial charge in [0.1, 0.15) is 6.61 Å². The van der Waals surface area contributed by atoms with Crippen LogP contribution < -0.4 is 15.0 Å². The molecule has 6 nitrogen and oxygen atoms in total. The maximum Gasteiger partial charge on any atom is 0.282 e. The van der Waals surface area contributed by atoms with Gasteiger partial charge in [0.15, 0.2) is 17.3 Å². The number of hydrogen-bond acceptors (Lipinski definition) is 5. The van der Waals surface area contributed by atoms with Crippen LogP contribution in [0.5, 0.6) is 11.5 Å². The van der Waals surface area contributed by atoms with Crippen molar-refractivity contribution in [1.82, 2.24) is 9.66 Å². The monoisotopic (exact) mass is 509 g/mol. The zero-order chi connectivity index (χ0) is 25.6. The molecule has 0 atom stereocenters. The molecule has 5 aromatic rings. The van der Waals surface area contributed by atoms with Gasteiger partial charge in [-0.3, -0.25) is 4.79 Å². The Morgan fingerprint density at radius 3 is 2.38 bits per heavy atom. The van der Waals surface area contributed by atoms with Crippen molar-refractivity contribution < 1.29 is 9.47 Å². The Morgan fingerprint density at radius 1 is 0.919 bits per heavy atom. The van der Waals surface area contributed by atoms with E-state index in [1.54, 1.807) is 24.4 Å². The highest BCUT2D eigenvalue weighted by Crippen LogP contribution is 2.37. The molecule has 0 radical (unpaired) electrons. The summed E-state index contributed by atoms with van der Waals surface area (Å²) in [4.78, 5) is 18.1. The number of halogens is 1. The lowest BCUT2D eigenvalue weighted by Crippen LogP contribution is -2.20. The van der Waals surface area contributed by atoms with Crippen molar-refractivity contribution in [2.45, 2.75) is 13.5 Å². The Bertz CT molecular complexity index is 1620. The molecule has 0 spiro atoms. The van der Waals surface area contributed by atoms with E-state index in [1.807, 2.05) is 85.8 Å². The first-order valence-corrected chi connectivity index (χ1v) is 12.3. The van der Waals surface area contributed by atoms with Gasteiger partial charge in [0, 0.05) is 5.56 Å². The molecule has 184 valence electrons. The number of aromatic nitrogens is 2. The van der Waals surface area contributed by atoms with E-state index in [0.29, 0.717) is 52.0 Å². The molecule has 0 aliphatic rings. The molecule has 0 aliphatic heterocycles. The van der Waals surface area contributed by atoms with Crippen molar-refractivity contribution >= 4 is 28.7 Å². The third kappa shape index (κ3) is 5.39. The highest BCUT2D eigenvalue weighted by Gasteiger charge is 2.14. The average Bonchev–Trinajstić information content (AvgIpc) is 2.93. The predicted octanol–water partition coefficient (Wildman–Crippen LogP) is 6.58. The first kappa shape index (κ1) is 24.3. The summed E-state index contributed by atoms with van der Waals surface area (Å²) >= 11 is 6.61. The normalized spacial score (nSPS) is 11.2. The summed E-state index contributed by atoms with van der Waals surface area (Å²) in [6, 6.07) is 30.1. The van der Waals surface area contributed by atoms with Gasteiger partial charge in [0.25, 0.3) is 5.56 Å². The summed E-state index contributed by atoms with van der Waals surface area (Å²) in [5.74, 6) is 1.40. The number of hydrogen-bond donors (Lipinski definition) is 0. The van der Waals surface area contributed by atoms with E-state index in [4.69, 9.17) is 26.1 Å². The smallest absolute Gasteiger partial charge is 0.282 e. The number of nitrogens with zero attached hydrogens (tertiary/aromatic N) is 3. The number of rotatable bonds is 8. The van der Waals surface area contributed by atoms with E-state index >= 15 is 0 Å². The van der Waals surface area contributed by atoms with E-state index in [1.165, 1.54) is 4.68 Å². The Kier molecular flexibility index (Phi) is 7.28. The largest absolute Gasteiger partial charge is 0.490 e. The highest BCUT2D eigenvalue weighted by molar-refractivity contribution is 6.32. The summed E-state index contributed by atoms with van der Waals surface area (Å²) in [5.41, 5.74) is 2.79. The van der Waals surface area contributed by atoms with Crippen LogP contribution in [0.3, 0.4) is 0 Å².